The monoisotopic (exact) mass is 442 g/mol. The van der Waals surface area contributed by atoms with Crippen molar-refractivity contribution in [1.82, 2.24) is 29.0 Å². The molecular weight excluding hydrogens is 420 g/mol. The van der Waals surface area contributed by atoms with Gasteiger partial charge in [-0.2, -0.15) is 0 Å². The lowest BCUT2D eigenvalue weighted by molar-refractivity contribution is -0.116. The van der Waals surface area contributed by atoms with Gasteiger partial charge in [-0.15, -0.1) is 0 Å². The van der Waals surface area contributed by atoms with E-state index in [1.54, 1.807) is 35.6 Å². The summed E-state index contributed by atoms with van der Waals surface area (Å²) >= 11 is 0. The minimum absolute atomic E-state index is 0.0438. The average Bonchev–Trinajstić information content (AvgIpc) is 3.40. The Morgan fingerprint density at radius 2 is 1.72 bits per heavy atom. The second-order valence-electron chi connectivity index (χ2n) is 6.96. The zero-order valence-corrected chi connectivity index (χ0v) is 17.6. The van der Waals surface area contributed by atoms with Crippen LogP contribution in [0.1, 0.15) is 38.1 Å². The number of aromatic carboxylic acids is 1. The van der Waals surface area contributed by atoms with Crippen LogP contribution in [0.5, 0.6) is 0 Å². The molecule has 0 saturated carbocycles. The quantitative estimate of drug-likeness (QED) is 0.387. The highest BCUT2D eigenvalue weighted by atomic mass is 16.4. The number of anilines is 2. The van der Waals surface area contributed by atoms with Crippen molar-refractivity contribution in [2.45, 2.75) is 6.42 Å². The molecule has 0 spiro atoms. The number of hydrogen-bond acceptors (Lipinski definition) is 6. The van der Waals surface area contributed by atoms with E-state index in [0.717, 1.165) is 0 Å². The molecule has 0 aliphatic heterocycles. The van der Waals surface area contributed by atoms with E-state index in [1.807, 2.05) is 0 Å². The summed E-state index contributed by atoms with van der Waals surface area (Å²) in [4.78, 5) is 55.5. The molecule has 0 fully saturated rings. The van der Waals surface area contributed by atoms with Gasteiger partial charge in [0, 0.05) is 58.9 Å². The number of nitrogens with one attached hydrogen (secondary N) is 3. The molecule has 3 rings (SSSR count). The molecule has 0 radical (unpaired) electrons. The Balaban J connectivity index is 1.51. The van der Waals surface area contributed by atoms with Gasteiger partial charge in [-0.05, 0) is 6.07 Å². The van der Waals surface area contributed by atoms with Gasteiger partial charge < -0.3 is 34.8 Å². The van der Waals surface area contributed by atoms with Gasteiger partial charge in [0.2, 0.25) is 11.7 Å². The van der Waals surface area contributed by atoms with Crippen LogP contribution in [0.3, 0.4) is 0 Å². The van der Waals surface area contributed by atoms with Crippen molar-refractivity contribution in [3.05, 3.63) is 48.2 Å². The summed E-state index contributed by atoms with van der Waals surface area (Å²) in [5, 5.41) is 16.8. The summed E-state index contributed by atoms with van der Waals surface area (Å²) in [5.74, 6) is -2.35. The van der Waals surface area contributed by atoms with Crippen LogP contribution < -0.4 is 16.0 Å². The minimum atomic E-state index is -1.21. The Hall–Kier alpha value is -4.42. The standard InChI is InChI=1S/C19H22N8O5/c1-25-7-6-20-15(25)18(30)22-11-8-12(26(2)9-11)17(29)21-5-4-14(28)23-13-10-27(3)16(24-13)19(31)32/h6-10H,4-5H2,1-3H3,(H,21,29)(H,22,30)(H,23,28)(H,31,32). The van der Waals surface area contributed by atoms with Crippen molar-refractivity contribution in [3.63, 3.8) is 0 Å². The molecule has 13 heteroatoms. The van der Waals surface area contributed by atoms with Crippen LogP contribution in [0.15, 0.2) is 30.9 Å². The second-order valence-corrected chi connectivity index (χ2v) is 6.96. The number of nitrogens with zero attached hydrogens (tertiary/aromatic N) is 5. The topological polar surface area (TPSA) is 165 Å². The van der Waals surface area contributed by atoms with E-state index in [2.05, 4.69) is 25.9 Å². The zero-order chi connectivity index (χ0) is 23.4. The van der Waals surface area contributed by atoms with Crippen LogP contribution in [-0.2, 0) is 25.9 Å². The van der Waals surface area contributed by atoms with E-state index < -0.39 is 23.7 Å². The summed E-state index contributed by atoms with van der Waals surface area (Å²) in [7, 11) is 4.85. The van der Waals surface area contributed by atoms with Crippen molar-refractivity contribution < 1.29 is 24.3 Å². The van der Waals surface area contributed by atoms with E-state index in [9.17, 15) is 19.2 Å². The van der Waals surface area contributed by atoms with Gasteiger partial charge in [-0.1, -0.05) is 0 Å². The molecule has 13 nitrogen and oxygen atoms in total. The first-order valence-corrected chi connectivity index (χ1v) is 9.45. The zero-order valence-electron chi connectivity index (χ0n) is 17.6. The van der Waals surface area contributed by atoms with Crippen LogP contribution in [0, 0.1) is 0 Å². The highest BCUT2D eigenvalue weighted by Gasteiger charge is 2.17. The normalized spacial score (nSPS) is 10.6. The predicted octanol–water partition coefficient (Wildman–Crippen LogP) is 0.201. The number of imidazole rings is 2. The first kappa shape index (κ1) is 22.3. The molecular formula is C19H22N8O5. The lowest BCUT2D eigenvalue weighted by Gasteiger charge is -2.06. The Morgan fingerprint density at radius 1 is 0.969 bits per heavy atom. The van der Waals surface area contributed by atoms with Crippen molar-refractivity contribution in [3.8, 4) is 0 Å². The third-order valence-electron chi connectivity index (χ3n) is 4.49. The maximum Gasteiger partial charge on any atom is 0.372 e. The molecule has 0 aromatic carbocycles. The number of aryl methyl sites for hydroxylation is 3. The van der Waals surface area contributed by atoms with Gasteiger partial charge in [-0.25, -0.2) is 14.8 Å². The Kier molecular flexibility index (Phi) is 6.37. The molecule has 32 heavy (non-hydrogen) atoms. The molecule has 0 bridgehead atoms. The maximum atomic E-state index is 12.4. The maximum absolute atomic E-state index is 12.4. The molecule has 3 amide bonds. The van der Waals surface area contributed by atoms with E-state index >= 15 is 0 Å². The number of aromatic nitrogens is 5. The van der Waals surface area contributed by atoms with Gasteiger partial charge in [0.05, 0.1) is 5.69 Å². The van der Waals surface area contributed by atoms with E-state index in [0.29, 0.717) is 5.69 Å². The Bertz CT molecular complexity index is 1190. The molecule has 3 heterocycles. The predicted molar refractivity (Wildman–Crippen MR) is 112 cm³/mol. The molecule has 3 aromatic heterocycles. The van der Waals surface area contributed by atoms with Gasteiger partial charge in [-0.3, -0.25) is 14.4 Å². The summed E-state index contributed by atoms with van der Waals surface area (Å²) in [6.45, 7) is 0.0451. The lowest BCUT2D eigenvalue weighted by Crippen LogP contribution is -2.29. The number of hydrogen-bond donors (Lipinski definition) is 4. The van der Waals surface area contributed by atoms with Crippen molar-refractivity contribution >= 4 is 35.2 Å². The highest BCUT2D eigenvalue weighted by Crippen LogP contribution is 2.14. The van der Waals surface area contributed by atoms with Crippen LogP contribution >= 0.6 is 0 Å². The number of amides is 3. The van der Waals surface area contributed by atoms with Gasteiger partial charge in [0.25, 0.3) is 11.8 Å². The molecule has 168 valence electrons. The molecule has 0 unspecified atom stereocenters. The fourth-order valence-corrected chi connectivity index (χ4v) is 2.94. The molecule has 0 aliphatic carbocycles. The van der Waals surface area contributed by atoms with Gasteiger partial charge in [0.1, 0.15) is 5.69 Å². The van der Waals surface area contributed by atoms with E-state index in [4.69, 9.17) is 5.11 Å². The second kappa shape index (κ2) is 9.16. The Morgan fingerprint density at radius 3 is 2.34 bits per heavy atom. The smallest absolute Gasteiger partial charge is 0.372 e. The van der Waals surface area contributed by atoms with E-state index in [-0.39, 0.29) is 36.1 Å². The summed E-state index contributed by atoms with van der Waals surface area (Å²) < 4.78 is 4.40. The first-order valence-electron chi connectivity index (χ1n) is 9.45. The van der Waals surface area contributed by atoms with Crippen LogP contribution in [0.25, 0.3) is 0 Å². The summed E-state index contributed by atoms with van der Waals surface area (Å²) in [5.41, 5.74) is 0.712. The van der Waals surface area contributed by atoms with Crippen LogP contribution in [0.4, 0.5) is 11.5 Å². The van der Waals surface area contributed by atoms with E-state index in [1.165, 1.54) is 30.1 Å². The molecule has 0 aliphatic rings. The lowest BCUT2D eigenvalue weighted by atomic mass is 10.3. The SMILES string of the molecule is Cn1cc(NC(=O)c2nccn2C)cc1C(=O)NCCC(=O)Nc1cn(C)c(C(=O)O)n1. The fourth-order valence-electron chi connectivity index (χ4n) is 2.94. The molecule has 3 aromatic rings. The van der Waals surface area contributed by atoms with Gasteiger partial charge in [0.15, 0.2) is 11.6 Å². The van der Waals surface area contributed by atoms with Crippen molar-refractivity contribution in [2.75, 3.05) is 17.2 Å². The number of carboxylic acids is 1. The van der Waals surface area contributed by atoms with Crippen LogP contribution in [0.2, 0.25) is 0 Å². The highest BCUT2D eigenvalue weighted by molar-refractivity contribution is 6.03. The molecule has 0 atom stereocenters. The third-order valence-corrected chi connectivity index (χ3v) is 4.49. The van der Waals surface area contributed by atoms with Crippen molar-refractivity contribution in [1.29, 1.82) is 0 Å². The fraction of sp³-hybridized carbons (Fsp3) is 0.263. The molecule has 4 N–H and O–H groups in total. The van der Waals surface area contributed by atoms with Gasteiger partial charge >= 0.3 is 5.97 Å². The minimum Gasteiger partial charge on any atom is -0.475 e. The summed E-state index contributed by atoms with van der Waals surface area (Å²) in [6.07, 6.45) is 6.08. The first-order chi connectivity index (χ1) is 15.2. The Labute approximate surface area is 182 Å². The number of carbonyl (C=O) groups excluding carboxylic acids is 3. The third kappa shape index (κ3) is 5.00. The summed E-state index contributed by atoms with van der Waals surface area (Å²) in [6, 6.07) is 1.51. The molecule has 0 saturated heterocycles. The van der Waals surface area contributed by atoms with Crippen molar-refractivity contribution in [2.24, 2.45) is 21.1 Å². The largest absolute Gasteiger partial charge is 0.475 e. The number of carboxylic acid groups (broad SMARTS) is 1. The number of rotatable bonds is 8. The van der Waals surface area contributed by atoms with Crippen LogP contribution in [-0.4, -0.2) is 59.0 Å². The average molecular weight is 442 g/mol. The number of carbonyl (C=O) groups is 4.